The molecule has 0 aliphatic heterocycles. The van der Waals surface area contributed by atoms with Gasteiger partial charge in [-0.2, -0.15) is 0 Å². The van der Waals surface area contributed by atoms with Gasteiger partial charge in [0, 0.05) is 25.1 Å². The first-order valence-electron chi connectivity index (χ1n) is 12.0. The number of amides is 1. The van der Waals surface area contributed by atoms with Gasteiger partial charge in [-0.25, -0.2) is 13.4 Å². The van der Waals surface area contributed by atoms with Gasteiger partial charge < -0.3 is 9.88 Å². The van der Waals surface area contributed by atoms with Crippen LogP contribution in [0, 0.1) is 5.92 Å². The Morgan fingerprint density at radius 3 is 2.41 bits per heavy atom. The summed E-state index contributed by atoms with van der Waals surface area (Å²) in [5, 5.41) is 2.66. The fourth-order valence-corrected chi connectivity index (χ4v) is 5.91. The number of pyridine rings is 1. The van der Waals surface area contributed by atoms with Gasteiger partial charge in [-0.15, -0.1) is 0 Å². The first-order chi connectivity index (χ1) is 16.1. The lowest BCUT2D eigenvalue weighted by Crippen LogP contribution is -2.22. The highest BCUT2D eigenvalue weighted by Crippen LogP contribution is 2.33. The van der Waals surface area contributed by atoms with Crippen molar-refractivity contribution in [2.75, 3.05) is 0 Å². The third kappa shape index (κ3) is 5.17. The third-order valence-electron chi connectivity index (χ3n) is 6.49. The summed E-state index contributed by atoms with van der Waals surface area (Å²) in [5.74, 6) is 1.47. The van der Waals surface area contributed by atoms with Crippen molar-refractivity contribution in [2.24, 2.45) is 5.92 Å². The van der Waals surface area contributed by atoms with Crippen molar-refractivity contribution in [1.82, 2.24) is 19.9 Å². The molecule has 3 aromatic rings. The number of nitrogens with zero attached hydrogens (tertiary/aromatic N) is 3. The van der Waals surface area contributed by atoms with E-state index < -0.39 is 9.84 Å². The fraction of sp³-hybridized carbons (Fsp3) is 0.500. The van der Waals surface area contributed by atoms with Gasteiger partial charge in [0.2, 0.25) is 15.7 Å². The van der Waals surface area contributed by atoms with E-state index >= 15 is 0 Å². The molecule has 182 valence electrons. The number of hydrogen-bond donors (Lipinski definition) is 1. The molecule has 34 heavy (non-hydrogen) atoms. The maximum absolute atomic E-state index is 13.3. The van der Waals surface area contributed by atoms with E-state index in [1.165, 1.54) is 51.3 Å². The molecule has 4 rings (SSSR count). The smallest absolute Gasteiger partial charge is 0.217 e. The first-order valence-corrected chi connectivity index (χ1v) is 13.5. The monoisotopic (exact) mass is 482 g/mol. The van der Waals surface area contributed by atoms with Crippen LogP contribution in [0.25, 0.3) is 11.0 Å². The molecule has 1 fully saturated rings. The summed E-state index contributed by atoms with van der Waals surface area (Å²) < 4.78 is 28.9. The minimum atomic E-state index is -3.74. The van der Waals surface area contributed by atoms with Crippen molar-refractivity contribution < 1.29 is 13.2 Å². The van der Waals surface area contributed by atoms with Crippen molar-refractivity contribution >= 4 is 26.8 Å². The minimum Gasteiger partial charge on any atom is -0.351 e. The quantitative estimate of drug-likeness (QED) is 0.546. The third-order valence-corrected chi connectivity index (χ3v) is 8.23. The van der Waals surface area contributed by atoms with E-state index in [0.29, 0.717) is 17.1 Å². The zero-order chi connectivity index (χ0) is 24.5. The Labute approximate surface area is 201 Å². The number of carbonyl (C=O) groups excluding carboxylic acids is 1. The van der Waals surface area contributed by atoms with Crippen LogP contribution in [0.3, 0.4) is 0 Å². The van der Waals surface area contributed by atoms with E-state index in [1.54, 1.807) is 18.2 Å². The lowest BCUT2D eigenvalue weighted by Gasteiger charge is -2.26. The molecule has 2 aromatic heterocycles. The molecule has 0 bridgehead atoms. The van der Waals surface area contributed by atoms with Crippen LogP contribution in [0.2, 0.25) is 0 Å². The SMILES string of the molecule is CC(=O)NCc1ccc(S(=O)(=O)c2ccc3c(c2)nc(C(C)(C)C)n3CC2CCCCC2)cn1. The van der Waals surface area contributed by atoms with Crippen LogP contribution in [0.4, 0.5) is 0 Å². The summed E-state index contributed by atoms with van der Waals surface area (Å²) in [5.41, 5.74) is 2.14. The van der Waals surface area contributed by atoms with Gasteiger partial charge in [-0.1, -0.05) is 40.0 Å². The summed E-state index contributed by atoms with van der Waals surface area (Å²) in [6, 6.07) is 8.41. The van der Waals surface area contributed by atoms with Gasteiger partial charge in [0.1, 0.15) is 5.82 Å². The van der Waals surface area contributed by atoms with Gasteiger partial charge in [0.15, 0.2) is 0 Å². The standard InChI is InChI=1S/C26H34N4O3S/c1-18(31)27-15-20-10-11-22(16-28-20)34(32,33)21-12-13-24-23(14-21)29-25(26(2,3)4)30(24)17-19-8-6-5-7-9-19/h10-14,16,19H,5-9,15,17H2,1-4H3,(H,27,31). The molecule has 1 amide bonds. The number of sulfone groups is 1. The number of hydrogen-bond acceptors (Lipinski definition) is 5. The molecule has 0 spiro atoms. The molecule has 1 N–H and O–H groups in total. The lowest BCUT2D eigenvalue weighted by molar-refractivity contribution is -0.119. The maximum atomic E-state index is 13.3. The maximum Gasteiger partial charge on any atom is 0.217 e. The van der Waals surface area contributed by atoms with Crippen LogP contribution in [0.5, 0.6) is 0 Å². The molecule has 0 saturated heterocycles. The average Bonchev–Trinajstić information content (AvgIpc) is 3.17. The Balaban J connectivity index is 1.68. The number of carbonyl (C=O) groups is 1. The van der Waals surface area contributed by atoms with Gasteiger partial charge in [-0.3, -0.25) is 9.78 Å². The zero-order valence-electron chi connectivity index (χ0n) is 20.5. The molecule has 0 radical (unpaired) electrons. The normalized spacial score (nSPS) is 15.5. The van der Waals surface area contributed by atoms with E-state index in [9.17, 15) is 13.2 Å². The highest BCUT2D eigenvalue weighted by Gasteiger charge is 2.27. The first kappa shape index (κ1) is 24.4. The van der Waals surface area contributed by atoms with Gasteiger partial charge in [0.05, 0.1) is 33.1 Å². The predicted molar refractivity (Wildman–Crippen MR) is 132 cm³/mol. The second-order valence-electron chi connectivity index (χ2n) is 10.3. The highest BCUT2D eigenvalue weighted by atomic mass is 32.2. The summed E-state index contributed by atoms with van der Waals surface area (Å²) in [6.07, 6.45) is 7.70. The van der Waals surface area contributed by atoms with E-state index in [-0.39, 0.29) is 27.7 Å². The minimum absolute atomic E-state index is 0.121. The predicted octanol–water partition coefficient (Wildman–Crippen LogP) is 4.78. The van der Waals surface area contributed by atoms with Crippen LogP contribution in [0.1, 0.15) is 71.3 Å². The van der Waals surface area contributed by atoms with E-state index in [0.717, 1.165) is 17.9 Å². The number of rotatable bonds is 6. The Kier molecular flexibility index (Phi) is 6.80. The highest BCUT2D eigenvalue weighted by molar-refractivity contribution is 7.91. The van der Waals surface area contributed by atoms with Crippen molar-refractivity contribution in [2.45, 2.75) is 88.1 Å². The number of imidazole rings is 1. The van der Waals surface area contributed by atoms with Crippen LogP contribution in [0.15, 0.2) is 46.3 Å². The van der Waals surface area contributed by atoms with E-state index in [1.807, 2.05) is 6.07 Å². The number of benzene rings is 1. The molecule has 2 heterocycles. The molecular weight excluding hydrogens is 448 g/mol. The lowest BCUT2D eigenvalue weighted by atomic mass is 9.88. The van der Waals surface area contributed by atoms with Gasteiger partial charge >= 0.3 is 0 Å². The molecule has 1 aromatic carbocycles. The molecule has 7 nitrogen and oxygen atoms in total. The second-order valence-corrected chi connectivity index (χ2v) is 12.3. The van der Waals surface area contributed by atoms with Gasteiger partial charge in [-0.05, 0) is 49.1 Å². The average molecular weight is 483 g/mol. The molecular formula is C26H34N4O3S. The van der Waals surface area contributed by atoms with Crippen LogP contribution in [-0.2, 0) is 33.1 Å². The molecule has 1 aliphatic rings. The zero-order valence-corrected chi connectivity index (χ0v) is 21.3. The van der Waals surface area contributed by atoms with Crippen molar-refractivity contribution in [3.8, 4) is 0 Å². The largest absolute Gasteiger partial charge is 0.351 e. The second kappa shape index (κ2) is 9.49. The Bertz CT molecular complexity index is 1280. The Morgan fingerprint density at radius 1 is 1.09 bits per heavy atom. The van der Waals surface area contributed by atoms with Crippen molar-refractivity contribution in [3.05, 3.63) is 48.0 Å². The molecule has 8 heteroatoms. The summed E-state index contributed by atoms with van der Waals surface area (Å²) >= 11 is 0. The summed E-state index contributed by atoms with van der Waals surface area (Å²) in [4.78, 5) is 20.5. The van der Waals surface area contributed by atoms with Crippen LogP contribution < -0.4 is 5.32 Å². The Hall–Kier alpha value is -2.74. The van der Waals surface area contributed by atoms with E-state index in [4.69, 9.17) is 4.98 Å². The van der Waals surface area contributed by atoms with Crippen molar-refractivity contribution in [3.63, 3.8) is 0 Å². The molecule has 1 aliphatic carbocycles. The number of aromatic nitrogens is 3. The summed E-state index contributed by atoms with van der Waals surface area (Å²) in [6.45, 7) is 9.06. The number of nitrogens with one attached hydrogen (secondary N) is 1. The molecule has 0 atom stereocenters. The van der Waals surface area contributed by atoms with Gasteiger partial charge in [0.25, 0.3) is 0 Å². The Morgan fingerprint density at radius 2 is 1.79 bits per heavy atom. The van der Waals surface area contributed by atoms with E-state index in [2.05, 4.69) is 35.6 Å². The molecule has 0 unspecified atom stereocenters. The molecule has 1 saturated carbocycles. The fourth-order valence-electron chi connectivity index (χ4n) is 4.69. The number of fused-ring (bicyclic) bond motifs is 1. The van der Waals surface area contributed by atoms with Crippen LogP contribution >= 0.6 is 0 Å². The summed E-state index contributed by atoms with van der Waals surface area (Å²) in [7, 11) is -3.74. The van der Waals surface area contributed by atoms with Crippen LogP contribution in [-0.4, -0.2) is 28.9 Å². The topological polar surface area (TPSA) is 94.0 Å². The van der Waals surface area contributed by atoms with Crippen molar-refractivity contribution in [1.29, 1.82) is 0 Å².